The van der Waals surface area contributed by atoms with Crippen molar-refractivity contribution in [2.45, 2.75) is 37.3 Å². The van der Waals surface area contributed by atoms with Crippen LogP contribution in [0, 0.1) is 0 Å². The number of aromatic nitrogens is 3. The highest BCUT2D eigenvalue weighted by molar-refractivity contribution is 8.00. The van der Waals surface area contributed by atoms with Crippen molar-refractivity contribution in [2.24, 2.45) is 0 Å². The zero-order chi connectivity index (χ0) is 20.5. The average Bonchev–Trinajstić information content (AvgIpc) is 3.42. The molecule has 1 aliphatic carbocycles. The van der Waals surface area contributed by atoms with E-state index in [2.05, 4.69) is 16.0 Å². The van der Waals surface area contributed by atoms with E-state index in [-0.39, 0.29) is 17.3 Å². The quantitative estimate of drug-likeness (QED) is 0.471. The van der Waals surface area contributed by atoms with E-state index in [1.165, 1.54) is 17.3 Å². The van der Waals surface area contributed by atoms with E-state index in [0.717, 1.165) is 54.9 Å². The highest BCUT2D eigenvalue weighted by Gasteiger charge is 2.26. The number of pyridine rings is 1. The minimum absolute atomic E-state index is 0.0659. The van der Waals surface area contributed by atoms with E-state index in [1.54, 1.807) is 10.8 Å². The normalized spacial score (nSPS) is 14.6. The Morgan fingerprint density at radius 1 is 1.07 bits per heavy atom. The summed E-state index contributed by atoms with van der Waals surface area (Å²) in [5.74, 6) is 0.355. The second kappa shape index (κ2) is 8.07. The Bertz CT molecular complexity index is 1160. The molecule has 2 aromatic heterocycles. The lowest BCUT2D eigenvalue weighted by Gasteiger charge is -2.18. The molecule has 0 radical (unpaired) electrons. The minimum Gasteiger partial charge on any atom is -0.311 e. The number of hydrogen-bond acceptors (Lipinski definition) is 5. The van der Waals surface area contributed by atoms with Gasteiger partial charge in [0, 0.05) is 29.7 Å². The van der Waals surface area contributed by atoms with Crippen LogP contribution in [0.2, 0.25) is 0 Å². The molecule has 0 bridgehead atoms. The van der Waals surface area contributed by atoms with Gasteiger partial charge in [0.2, 0.25) is 5.91 Å². The molecule has 3 heterocycles. The van der Waals surface area contributed by atoms with Gasteiger partial charge in [-0.15, -0.1) is 0 Å². The van der Waals surface area contributed by atoms with Gasteiger partial charge in [-0.3, -0.25) is 14.3 Å². The lowest BCUT2D eigenvalue weighted by molar-refractivity contribution is -0.116. The van der Waals surface area contributed by atoms with Crippen LogP contribution >= 0.6 is 11.8 Å². The maximum atomic E-state index is 12.9. The van der Waals surface area contributed by atoms with E-state index in [0.29, 0.717) is 11.6 Å². The molecule has 6 nitrogen and oxygen atoms in total. The number of fused-ring (bicyclic) bond motifs is 2. The van der Waals surface area contributed by atoms with Crippen LogP contribution in [-0.4, -0.2) is 32.7 Å². The summed E-state index contributed by atoms with van der Waals surface area (Å²) in [7, 11) is 0. The van der Waals surface area contributed by atoms with Crippen LogP contribution < -0.4 is 10.6 Å². The maximum absolute atomic E-state index is 12.9. The number of amides is 1. The van der Waals surface area contributed by atoms with Crippen LogP contribution in [0.4, 0.5) is 5.69 Å². The Hall–Kier alpha value is -2.93. The molecule has 0 fully saturated rings. The highest BCUT2D eigenvalue weighted by atomic mass is 32.2. The first-order chi connectivity index (χ1) is 14.7. The summed E-state index contributed by atoms with van der Waals surface area (Å²) in [4.78, 5) is 36.2. The molecule has 30 heavy (non-hydrogen) atoms. The maximum Gasteiger partial charge on any atom is 0.349 e. The van der Waals surface area contributed by atoms with Crippen LogP contribution in [0.5, 0.6) is 0 Å². The molecular formula is C23H22N4O2S. The minimum atomic E-state index is -0.261. The Morgan fingerprint density at radius 2 is 1.93 bits per heavy atom. The molecule has 3 aromatic rings. The predicted molar refractivity (Wildman–Crippen MR) is 117 cm³/mol. The number of carbonyl (C=O) groups excluding carboxylic acids is 1. The Balaban J connectivity index is 1.36. The van der Waals surface area contributed by atoms with E-state index < -0.39 is 0 Å². The van der Waals surface area contributed by atoms with Crippen molar-refractivity contribution in [3.05, 3.63) is 81.7 Å². The second-order valence-corrected chi connectivity index (χ2v) is 8.56. The first kappa shape index (κ1) is 19.1. The fraction of sp³-hybridized carbons (Fsp3) is 0.304. The first-order valence-electron chi connectivity index (χ1n) is 10.2. The molecule has 0 unspecified atom stereocenters. The third kappa shape index (κ3) is 3.54. The van der Waals surface area contributed by atoms with Gasteiger partial charge in [0.1, 0.15) is 5.03 Å². The van der Waals surface area contributed by atoms with Crippen LogP contribution in [0.3, 0.4) is 0 Å². The van der Waals surface area contributed by atoms with Gasteiger partial charge in [-0.25, -0.2) is 4.79 Å². The summed E-state index contributed by atoms with van der Waals surface area (Å²) in [5, 5.41) is 0.714. The zero-order valence-corrected chi connectivity index (χ0v) is 17.4. The molecule has 152 valence electrons. The van der Waals surface area contributed by atoms with Gasteiger partial charge in [0.05, 0.1) is 18.0 Å². The van der Waals surface area contributed by atoms with Gasteiger partial charge in [0.25, 0.3) is 0 Å². The van der Waals surface area contributed by atoms with Crippen LogP contribution in [-0.2, 0) is 30.6 Å². The molecule has 0 N–H and O–H groups in total. The topological polar surface area (TPSA) is 68.1 Å². The highest BCUT2D eigenvalue weighted by Crippen LogP contribution is 2.31. The lowest BCUT2D eigenvalue weighted by atomic mass is 10.2. The lowest BCUT2D eigenvalue weighted by Crippen LogP contribution is -2.31. The Morgan fingerprint density at radius 3 is 2.80 bits per heavy atom. The zero-order valence-electron chi connectivity index (χ0n) is 16.6. The summed E-state index contributed by atoms with van der Waals surface area (Å²) in [6, 6.07) is 13.8. The van der Waals surface area contributed by atoms with Crippen molar-refractivity contribution < 1.29 is 4.79 Å². The van der Waals surface area contributed by atoms with Gasteiger partial charge in [-0.05, 0) is 49.4 Å². The van der Waals surface area contributed by atoms with E-state index in [4.69, 9.17) is 0 Å². The third-order valence-corrected chi connectivity index (χ3v) is 6.77. The van der Waals surface area contributed by atoms with Crippen molar-refractivity contribution in [1.82, 2.24) is 14.5 Å². The molecule has 1 aliphatic heterocycles. The van der Waals surface area contributed by atoms with Crippen LogP contribution in [0.25, 0.3) is 0 Å². The third-order valence-electron chi connectivity index (χ3n) is 5.77. The van der Waals surface area contributed by atoms with Gasteiger partial charge in [0.15, 0.2) is 0 Å². The van der Waals surface area contributed by atoms with Crippen molar-refractivity contribution in [3.8, 4) is 0 Å². The molecule has 5 rings (SSSR count). The number of benzene rings is 1. The summed E-state index contributed by atoms with van der Waals surface area (Å²) >= 11 is 1.39. The number of rotatable bonds is 5. The number of nitrogens with zero attached hydrogens (tertiary/aromatic N) is 4. The fourth-order valence-corrected chi connectivity index (χ4v) is 5.28. The summed E-state index contributed by atoms with van der Waals surface area (Å²) in [6.07, 6.45) is 5.39. The molecule has 1 amide bonds. The van der Waals surface area contributed by atoms with Crippen molar-refractivity contribution in [1.29, 1.82) is 0 Å². The van der Waals surface area contributed by atoms with Crippen molar-refractivity contribution in [2.75, 3.05) is 17.2 Å². The molecule has 0 saturated heterocycles. The van der Waals surface area contributed by atoms with Gasteiger partial charge < -0.3 is 4.90 Å². The summed E-state index contributed by atoms with van der Waals surface area (Å²) < 4.78 is 1.74. The number of anilines is 1. The van der Waals surface area contributed by atoms with Crippen molar-refractivity contribution >= 4 is 23.4 Å². The molecule has 1 aromatic carbocycles. The first-order valence-corrected chi connectivity index (χ1v) is 11.2. The monoisotopic (exact) mass is 418 g/mol. The molecular weight excluding hydrogens is 396 g/mol. The van der Waals surface area contributed by atoms with Gasteiger partial charge >= 0.3 is 5.69 Å². The molecule has 7 heteroatoms. The van der Waals surface area contributed by atoms with E-state index >= 15 is 0 Å². The summed E-state index contributed by atoms with van der Waals surface area (Å²) in [6.45, 7) is 1.15. The molecule has 0 atom stereocenters. The number of thioether (sulfide) groups is 1. The largest absolute Gasteiger partial charge is 0.349 e. The van der Waals surface area contributed by atoms with Crippen LogP contribution in [0.15, 0.2) is 58.5 Å². The Labute approximate surface area is 179 Å². The number of hydrogen-bond donors (Lipinski definition) is 0. The summed E-state index contributed by atoms with van der Waals surface area (Å²) in [5.41, 5.74) is 4.97. The predicted octanol–water partition coefficient (Wildman–Crippen LogP) is 2.86. The molecule has 0 saturated carbocycles. The number of carbonyl (C=O) groups is 1. The average molecular weight is 419 g/mol. The molecule has 2 aliphatic rings. The number of para-hydroxylation sites is 1. The fourth-order valence-electron chi connectivity index (χ4n) is 4.33. The van der Waals surface area contributed by atoms with Gasteiger partial charge in [-0.1, -0.05) is 36.0 Å². The van der Waals surface area contributed by atoms with Crippen LogP contribution in [0.1, 0.15) is 28.9 Å². The SMILES string of the molecule is O=C(CSc1nc(=O)n(Cc2ccccn2)c2c1CCC2)N1CCc2ccccc21. The standard InChI is InChI=1S/C23H22N4O2S/c28-21(26-13-11-16-6-1-2-9-19(16)26)15-30-22-18-8-5-10-20(18)27(23(29)25-22)14-17-7-3-4-12-24-17/h1-4,6-7,9,12H,5,8,10-11,13-15H2. The second-order valence-electron chi connectivity index (χ2n) is 7.60. The van der Waals surface area contributed by atoms with Gasteiger partial charge in [-0.2, -0.15) is 4.98 Å². The van der Waals surface area contributed by atoms with Crippen molar-refractivity contribution in [3.63, 3.8) is 0 Å². The van der Waals surface area contributed by atoms with E-state index in [1.807, 2.05) is 41.3 Å². The molecule has 0 spiro atoms. The Kier molecular flexibility index (Phi) is 5.12. The van der Waals surface area contributed by atoms with E-state index in [9.17, 15) is 9.59 Å². The smallest absolute Gasteiger partial charge is 0.311 e.